The second kappa shape index (κ2) is 10.7. The molecule has 1 aromatic heterocycles. The van der Waals surface area contributed by atoms with Crippen LogP contribution in [0.5, 0.6) is 5.75 Å². The third-order valence-corrected chi connectivity index (χ3v) is 6.58. The number of amides is 1. The number of hydrogen-bond donors (Lipinski definition) is 0. The predicted octanol–water partition coefficient (Wildman–Crippen LogP) is 3.04. The van der Waals surface area contributed by atoms with Gasteiger partial charge in [0.2, 0.25) is 5.91 Å². The van der Waals surface area contributed by atoms with Gasteiger partial charge in [0, 0.05) is 63.1 Å². The first kappa shape index (κ1) is 21.8. The molecule has 0 atom stereocenters. The summed E-state index contributed by atoms with van der Waals surface area (Å²) in [5.41, 5.74) is 2.51. The van der Waals surface area contributed by atoms with Crippen molar-refractivity contribution in [3.63, 3.8) is 0 Å². The van der Waals surface area contributed by atoms with Crippen molar-refractivity contribution in [2.24, 2.45) is 5.92 Å². The summed E-state index contributed by atoms with van der Waals surface area (Å²) in [5, 5.41) is 0. The summed E-state index contributed by atoms with van der Waals surface area (Å²) in [6.45, 7) is 7.45. The summed E-state index contributed by atoms with van der Waals surface area (Å²) in [6.07, 6.45) is 6.66. The second-order valence-corrected chi connectivity index (χ2v) is 8.67. The molecule has 0 aliphatic carbocycles. The van der Waals surface area contributed by atoms with E-state index in [2.05, 4.69) is 43.9 Å². The maximum atomic E-state index is 13.2. The highest BCUT2D eigenvalue weighted by atomic mass is 16.5. The fraction of sp³-hybridized carbons (Fsp3) is 0.520. The van der Waals surface area contributed by atoms with Crippen molar-refractivity contribution in [3.05, 3.63) is 59.9 Å². The number of carbonyl (C=O) groups is 1. The van der Waals surface area contributed by atoms with Crippen LogP contribution < -0.4 is 4.74 Å². The van der Waals surface area contributed by atoms with Gasteiger partial charge in [-0.1, -0.05) is 18.2 Å². The minimum absolute atomic E-state index is 0.175. The molecule has 166 valence electrons. The van der Waals surface area contributed by atoms with E-state index >= 15 is 0 Å². The zero-order valence-corrected chi connectivity index (χ0v) is 18.6. The zero-order chi connectivity index (χ0) is 21.5. The Morgan fingerprint density at radius 1 is 0.935 bits per heavy atom. The van der Waals surface area contributed by atoms with Gasteiger partial charge in [0.15, 0.2) is 0 Å². The summed E-state index contributed by atoms with van der Waals surface area (Å²) in [5.74, 6) is 1.48. The maximum Gasteiger partial charge on any atom is 0.225 e. The number of hydrogen-bond acceptors (Lipinski definition) is 5. The number of pyridine rings is 1. The molecule has 4 rings (SSSR count). The number of carbonyl (C=O) groups excluding carboxylic acids is 1. The summed E-state index contributed by atoms with van der Waals surface area (Å²) >= 11 is 0. The molecule has 1 aromatic carbocycles. The molecule has 0 spiro atoms. The lowest BCUT2D eigenvalue weighted by molar-refractivity contribution is -0.137. The molecule has 2 aromatic rings. The topological polar surface area (TPSA) is 48.9 Å². The molecule has 0 unspecified atom stereocenters. The van der Waals surface area contributed by atoms with Crippen molar-refractivity contribution in [2.45, 2.75) is 32.4 Å². The van der Waals surface area contributed by atoms with Crippen LogP contribution in [0.1, 0.15) is 30.4 Å². The van der Waals surface area contributed by atoms with Gasteiger partial charge in [0.05, 0.1) is 7.11 Å². The molecule has 0 radical (unpaired) electrons. The van der Waals surface area contributed by atoms with Gasteiger partial charge in [-0.05, 0) is 56.1 Å². The van der Waals surface area contributed by atoms with E-state index in [1.165, 1.54) is 11.1 Å². The predicted molar refractivity (Wildman–Crippen MR) is 122 cm³/mol. The minimum Gasteiger partial charge on any atom is -0.496 e. The lowest BCUT2D eigenvalue weighted by Crippen LogP contribution is -2.43. The normalized spacial score (nSPS) is 19.2. The van der Waals surface area contributed by atoms with Crippen LogP contribution in [0.4, 0.5) is 0 Å². The van der Waals surface area contributed by atoms with E-state index < -0.39 is 0 Å². The third-order valence-electron chi connectivity index (χ3n) is 6.58. The van der Waals surface area contributed by atoms with Gasteiger partial charge in [0.25, 0.3) is 0 Å². The van der Waals surface area contributed by atoms with Gasteiger partial charge in [-0.15, -0.1) is 0 Å². The van der Waals surface area contributed by atoms with Gasteiger partial charge in [-0.3, -0.25) is 19.6 Å². The molecule has 0 saturated carbocycles. The number of aromatic nitrogens is 1. The van der Waals surface area contributed by atoms with Crippen LogP contribution in [-0.2, 0) is 17.9 Å². The SMILES string of the molecule is COc1ccccc1CN1CCCN(C(=O)C2CCN(Cc3ccncc3)CC2)CC1. The van der Waals surface area contributed by atoms with Crippen molar-refractivity contribution in [1.82, 2.24) is 19.7 Å². The van der Waals surface area contributed by atoms with E-state index in [4.69, 9.17) is 4.74 Å². The standard InChI is InChI=1S/C25H34N4O2/c1-31-24-6-3-2-5-23(24)20-27-13-4-14-29(18-17-27)25(30)22-9-15-28(16-10-22)19-21-7-11-26-12-8-21/h2-3,5-8,11-12,22H,4,9-10,13-20H2,1H3. The highest BCUT2D eigenvalue weighted by Crippen LogP contribution is 2.23. The molecular formula is C25H34N4O2. The van der Waals surface area contributed by atoms with Gasteiger partial charge < -0.3 is 9.64 Å². The molecule has 6 nitrogen and oxygen atoms in total. The Hall–Kier alpha value is -2.44. The number of methoxy groups -OCH3 is 1. The van der Waals surface area contributed by atoms with E-state index in [1.54, 1.807) is 7.11 Å². The number of ether oxygens (including phenoxy) is 1. The van der Waals surface area contributed by atoms with Crippen molar-refractivity contribution in [3.8, 4) is 5.75 Å². The fourth-order valence-corrected chi connectivity index (χ4v) is 4.77. The summed E-state index contributed by atoms with van der Waals surface area (Å²) in [6, 6.07) is 12.4. The van der Waals surface area contributed by atoms with Crippen LogP contribution in [0, 0.1) is 5.92 Å². The van der Waals surface area contributed by atoms with Crippen LogP contribution >= 0.6 is 0 Å². The largest absolute Gasteiger partial charge is 0.496 e. The molecule has 0 bridgehead atoms. The van der Waals surface area contributed by atoms with Gasteiger partial charge in [0.1, 0.15) is 5.75 Å². The number of para-hydroxylation sites is 1. The highest BCUT2D eigenvalue weighted by Gasteiger charge is 2.29. The molecule has 1 amide bonds. The summed E-state index contributed by atoms with van der Waals surface area (Å²) in [7, 11) is 1.73. The van der Waals surface area contributed by atoms with Gasteiger partial charge >= 0.3 is 0 Å². The van der Waals surface area contributed by atoms with Gasteiger partial charge in [-0.25, -0.2) is 0 Å². The van der Waals surface area contributed by atoms with Crippen molar-refractivity contribution in [2.75, 3.05) is 46.4 Å². The first-order chi connectivity index (χ1) is 15.2. The molecule has 2 aliphatic heterocycles. The minimum atomic E-state index is 0.175. The van der Waals surface area contributed by atoms with E-state index in [0.717, 1.165) is 77.4 Å². The summed E-state index contributed by atoms with van der Waals surface area (Å²) < 4.78 is 5.50. The molecule has 31 heavy (non-hydrogen) atoms. The first-order valence-electron chi connectivity index (χ1n) is 11.5. The molecule has 2 aliphatic rings. The molecule has 2 fully saturated rings. The molecule has 2 saturated heterocycles. The van der Waals surface area contributed by atoms with Gasteiger partial charge in [-0.2, -0.15) is 0 Å². The Morgan fingerprint density at radius 2 is 1.68 bits per heavy atom. The van der Waals surface area contributed by atoms with E-state index in [0.29, 0.717) is 5.91 Å². The number of rotatable bonds is 6. The Balaban J connectivity index is 1.25. The van der Waals surface area contributed by atoms with Crippen molar-refractivity contribution in [1.29, 1.82) is 0 Å². The Morgan fingerprint density at radius 3 is 2.45 bits per heavy atom. The molecule has 6 heteroatoms. The Kier molecular flexibility index (Phi) is 7.54. The second-order valence-electron chi connectivity index (χ2n) is 8.67. The lowest BCUT2D eigenvalue weighted by atomic mass is 9.95. The monoisotopic (exact) mass is 422 g/mol. The fourth-order valence-electron chi connectivity index (χ4n) is 4.77. The van der Waals surface area contributed by atoms with Crippen molar-refractivity contribution < 1.29 is 9.53 Å². The lowest BCUT2D eigenvalue weighted by Gasteiger charge is -2.34. The van der Waals surface area contributed by atoms with Crippen LogP contribution in [0.2, 0.25) is 0 Å². The molecule has 0 N–H and O–H groups in total. The molecule has 3 heterocycles. The number of benzene rings is 1. The van der Waals surface area contributed by atoms with Crippen LogP contribution in [0.15, 0.2) is 48.8 Å². The summed E-state index contributed by atoms with van der Waals surface area (Å²) in [4.78, 5) is 24.3. The highest BCUT2D eigenvalue weighted by molar-refractivity contribution is 5.79. The number of likely N-dealkylation sites (tertiary alicyclic amines) is 1. The van der Waals surface area contributed by atoms with E-state index in [-0.39, 0.29) is 5.92 Å². The van der Waals surface area contributed by atoms with E-state index in [1.807, 2.05) is 24.5 Å². The third kappa shape index (κ3) is 5.83. The average molecular weight is 423 g/mol. The maximum absolute atomic E-state index is 13.2. The Labute approximate surface area is 185 Å². The quantitative estimate of drug-likeness (QED) is 0.716. The van der Waals surface area contributed by atoms with Crippen LogP contribution in [0.25, 0.3) is 0 Å². The van der Waals surface area contributed by atoms with E-state index in [9.17, 15) is 4.79 Å². The van der Waals surface area contributed by atoms with Crippen LogP contribution in [0.3, 0.4) is 0 Å². The first-order valence-corrected chi connectivity index (χ1v) is 11.5. The smallest absolute Gasteiger partial charge is 0.225 e. The Bertz CT molecular complexity index is 836. The average Bonchev–Trinajstić information content (AvgIpc) is 3.06. The number of piperidine rings is 1. The molecular weight excluding hydrogens is 388 g/mol. The van der Waals surface area contributed by atoms with Crippen LogP contribution in [-0.4, -0.2) is 72.0 Å². The zero-order valence-electron chi connectivity index (χ0n) is 18.6. The number of nitrogens with zero attached hydrogens (tertiary/aromatic N) is 4. The van der Waals surface area contributed by atoms with Crippen molar-refractivity contribution >= 4 is 5.91 Å².